The molecule has 30 heteroatoms. The highest BCUT2D eigenvalue weighted by molar-refractivity contribution is 6.21. The number of amides is 10. The van der Waals surface area contributed by atoms with Crippen LogP contribution in [0.3, 0.4) is 0 Å². The highest BCUT2D eigenvalue weighted by Gasteiger charge is 2.51. The third-order valence-electron chi connectivity index (χ3n) is 18.7. The van der Waals surface area contributed by atoms with Crippen molar-refractivity contribution in [3.63, 3.8) is 0 Å². The number of hydrogen-bond acceptors (Lipinski definition) is 24. The van der Waals surface area contributed by atoms with Crippen molar-refractivity contribution in [2.24, 2.45) is 10.8 Å². The van der Waals surface area contributed by atoms with Gasteiger partial charge in [0, 0.05) is 98.3 Å². The molecule has 1 aliphatic carbocycles. The fourth-order valence-electron chi connectivity index (χ4n) is 13.2. The number of rotatable bonds is 40. The zero-order chi connectivity index (χ0) is 75.6. The summed E-state index contributed by atoms with van der Waals surface area (Å²) in [7, 11) is 0. The number of ether oxygens (including phenoxy) is 4. The van der Waals surface area contributed by atoms with Crippen molar-refractivity contribution in [1.29, 1.82) is 0 Å². The predicted octanol–water partition coefficient (Wildman–Crippen LogP) is 9.80. The first kappa shape index (κ1) is 79.2. The fourth-order valence-corrected chi connectivity index (χ4v) is 13.2. The zero-order valence-corrected chi connectivity index (χ0v) is 61.7. The van der Waals surface area contributed by atoms with Crippen molar-refractivity contribution in [3.05, 3.63) is 105 Å². The smallest absolute Gasteiger partial charge is 0.328 e. The molecule has 4 heterocycles. The van der Waals surface area contributed by atoms with Crippen LogP contribution in [0.15, 0.2) is 60.7 Å². The lowest BCUT2D eigenvalue weighted by Gasteiger charge is -2.32. The van der Waals surface area contributed by atoms with Gasteiger partial charge in [0.15, 0.2) is 0 Å². The Labute approximate surface area is 618 Å². The molecule has 9 rings (SSSR count). The highest BCUT2D eigenvalue weighted by Crippen LogP contribution is 2.42. The highest BCUT2D eigenvalue weighted by atomic mass is 16.5. The summed E-state index contributed by atoms with van der Waals surface area (Å²) in [5, 5.41) is 27.7. The number of unbranched alkanes of at least 4 members (excludes halogenated alkanes) is 8. The molecule has 568 valence electrons. The molecule has 8 bridgehead atoms. The van der Waals surface area contributed by atoms with Gasteiger partial charge in [0.2, 0.25) is 71.1 Å². The molecule has 0 saturated carbocycles. The summed E-state index contributed by atoms with van der Waals surface area (Å²) in [6.45, 7) is 15.4. The molecule has 106 heavy (non-hydrogen) atoms. The minimum Gasteiger partial charge on any atom is -0.493 e. The molecule has 3 aliphatic rings. The number of fused-ring (bicyclic) bond motifs is 8. The Bertz CT molecular complexity index is 3730. The molecular formula is C76H102N18O12. The lowest BCUT2D eigenvalue weighted by molar-refractivity contribution is -0.149. The van der Waals surface area contributed by atoms with Gasteiger partial charge in [-0.15, -0.1) is 0 Å². The first-order valence-electron chi connectivity index (χ1n) is 37.3. The Hall–Kier alpha value is -10.9. The normalized spacial score (nSPS) is 14.4. The number of nitrogens with one attached hydrogen (secondary N) is 10. The van der Waals surface area contributed by atoms with Gasteiger partial charge in [-0.05, 0) is 111 Å². The number of aromatic nitrogens is 6. The summed E-state index contributed by atoms with van der Waals surface area (Å²) in [5.74, 6) is 0.227. The summed E-state index contributed by atoms with van der Waals surface area (Å²) in [5.41, 5.74) is 18.3. The number of benzene rings is 4. The Morgan fingerprint density at radius 3 is 0.981 bits per heavy atom. The second kappa shape index (κ2) is 38.7. The van der Waals surface area contributed by atoms with Crippen molar-refractivity contribution in [2.75, 3.05) is 85.3 Å². The number of urea groups is 2. The Morgan fingerprint density at radius 1 is 0.396 bits per heavy atom. The molecule has 2 saturated heterocycles. The zero-order valence-electron chi connectivity index (χ0n) is 61.7. The molecular weight excluding hydrogens is 1360 g/mol. The number of carbonyl (C=O) groups excluding carboxylic acids is 8. The molecule has 4 aromatic carbocycles. The van der Waals surface area contributed by atoms with Crippen LogP contribution < -0.4 is 83.6 Å². The Morgan fingerprint density at radius 2 is 0.679 bits per heavy atom. The lowest BCUT2D eigenvalue weighted by Crippen LogP contribution is -2.63. The van der Waals surface area contributed by atoms with E-state index in [1.54, 1.807) is 13.8 Å². The van der Waals surface area contributed by atoms with E-state index < -0.39 is 58.3 Å². The van der Waals surface area contributed by atoms with Crippen molar-refractivity contribution >= 4 is 94.6 Å². The van der Waals surface area contributed by atoms with Crippen LogP contribution in [0.5, 0.6) is 23.0 Å². The molecule has 10 amide bonds. The van der Waals surface area contributed by atoms with Crippen LogP contribution in [0, 0.1) is 10.8 Å². The van der Waals surface area contributed by atoms with Gasteiger partial charge in [-0.2, -0.15) is 29.9 Å². The molecule has 6 aromatic rings. The van der Waals surface area contributed by atoms with Crippen LogP contribution in [0.2, 0.25) is 0 Å². The number of imide groups is 4. The maximum absolute atomic E-state index is 12.8. The van der Waals surface area contributed by atoms with E-state index in [9.17, 15) is 38.4 Å². The second-order valence-corrected chi connectivity index (χ2v) is 26.9. The molecule has 0 spiro atoms. The summed E-state index contributed by atoms with van der Waals surface area (Å²) in [6, 6.07) is 19.0. The number of nitrogen functional groups attached to an aromatic ring is 2. The maximum atomic E-state index is 12.8. The van der Waals surface area contributed by atoms with Crippen LogP contribution >= 0.6 is 0 Å². The lowest BCUT2D eigenvalue weighted by atomic mass is 9.78. The van der Waals surface area contributed by atoms with Gasteiger partial charge in [-0.1, -0.05) is 116 Å². The van der Waals surface area contributed by atoms with Gasteiger partial charge >= 0.3 is 12.1 Å². The standard InChI is InChI=1S/C76H102N18O12/c1-7-33-103-59-47-25-23-26-48(59)38-52-42-56(84-72-92-68(78)90-70(94-72)82-32-22-18-14-16-20-30-80-58(96)46-76(12-6)65(99)87-74(102)88-66(76)100)44-54(62(52)106-36-10-4)40-50-28-24-27-49(60(50)104-34-8-2)39-53-43-55(41-51(37-47)61(53)105-35-9-3)83-71-91-67(77)89-69(93-71)81-31-21-17-13-15-19-29-79-57(95)45-75(11-5)63(97)85-73(101)86-64(75)98/h23-28,41-44H,7-22,29-40,45-46H2,1-6H3,(H,79,95)(H,80,96)(H2,85,86,97,98,101)(H2,87,88,99,100,102)(H4,77,81,83,89,91,93)(H4,78,82,84,90,92,94). The van der Waals surface area contributed by atoms with Crippen LogP contribution in [0.4, 0.5) is 56.7 Å². The van der Waals surface area contributed by atoms with Crippen LogP contribution in [-0.4, -0.2) is 130 Å². The average Bonchev–Trinajstić information content (AvgIpc) is 0.792. The minimum absolute atomic E-state index is 0.0300. The van der Waals surface area contributed by atoms with E-state index in [0.717, 1.165) is 145 Å². The van der Waals surface area contributed by atoms with Crippen LogP contribution in [-0.2, 0) is 54.5 Å². The molecule has 14 N–H and O–H groups in total. The number of barbiturate groups is 2. The molecule has 30 nitrogen and oxygen atoms in total. The number of para-hydroxylation sites is 2. The molecule has 0 atom stereocenters. The van der Waals surface area contributed by atoms with Crippen molar-refractivity contribution in [3.8, 4) is 23.0 Å². The minimum atomic E-state index is -1.63. The van der Waals surface area contributed by atoms with Gasteiger partial charge in [0.25, 0.3) is 0 Å². The van der Waals surface area contributed by atoms with Crippen LogP contribution in [0.25, 0.3) is 0 Å². The van der Waals surface area contributed by atoms with E-state index in [1.807, 2.05) is 0 Å². The predicted molar refractivity (Wildman–Crippen MR) is 402 cm³/mol. The summed E-state index contributed by atoms with van der Waals surface area (Å²) in [6.07, 6.45) is 12.4. The summed E-state index contributed by atoms with van der Waals surface area (Å²) >= 11 is 0. The number of anilines is 8. The third kappa shape index (κ3) is 21.2. The fraction of sp³-hybridized carbons (Fsp3) is 0.500. The van der Waals surface area contributed by atoms with Crippen molar-refractivity contribution in [1.82, 2.24) is 61.8 Å². The quantitative estimate of drug-likeness (QED) is 0.0125. The van der Waals surface area contributed by atoms with Crippen molar-refractivity contribution in [2.45, 2.75) is 183 Å². The second-order valence-electron chi connectivity index (χ2n) is 26.9. The SMILES string of the molecule is CCCOc1c2cccc1Cc1cc(Nc3nc(N)nc(NCCCCCCCNC(=O)CC4(CC)C(=O)NC(=O)NC4=O)n3)cc(c1OCCC)Cc1cccc(c1OCCC)Cc1cc(Nc3nc(N)nc(NCCCCCCCNC(=O)CC4(CC)C(=O)NC(=O)NC4=O)n3)cc(c1OCCC)C2. The largest absolute Gasteiger partial charge is 0.493 e. The van der Waals surface area contributed by atoms with Gasteiger partial charge in [0.1, 0.15) is 33.8 Å². The number of carbonyl (C=O) groups is 8. The molecule has 0 radical (unpaired) electrons. The topological polar surface area (TPSA) is 423 Å². The Balaban J connectivity index is 0.914. The van der Waals surface area contributed by atoms with E-state index in [0.29, 0.717) is 114 Å². The summed E-state index contributed by atoms with van der Waals surface area (Å²) in [4.78, 5) is 127. The van der Waals surface area contributed by atoms with Gasteiger partial charge in [-0.3, -0.25) is 50.0 Å². The monoisotopic (exact) mass is 1460 g/mol. The van der Waals surface area contributed by atoms with E-state index in [-0.39, 0.29) is 49.5 Å². The van der Waals surface area contributed by atoms with Crippen LogP contribution in [0.1, 0.15) is 202 Å². The number of nitrogens with two attached hydrogens (primary N) is 2. The molecule has 0 unspecified atom stereocenters. The molecule has 2 aromatic heterocycles. The van der Waals surface area contributed by atoms with E-state index in [2.05, 4.69) is 161 Å². The first-order valence-corrected chi connectivity index (χ1v) is 37.3. The van der Waals surface area contributed by atoms with E-state index in [4.69, 9.17) is 40.4 Å². The average molecular weight is 1460 g/mol. The van der Waals surface area contributed by atoms with Gasteiger partial charge in [-0.25, -0.2) is 9.59 Å². The van der Waals surface area contributed by atoms with E-state index >= 15 is 0 Å². The number of nitrogens with zero attached hydrogens (tertiary/aromatic N) is 6. The summed E-state index contributed by atoms with van der Waals surface area (Å²) < 4.78 is 27.4. The Kier molecular flexibility index (Phi) is 28.9. The van der Waals surface area contributed by atoms with Gasteiger partial charge in [0.05, 0.1) is 26.4 Å². The van der Waals surface area contributed by atoms with E-state index in [1.165, 1.54) is 0 Å². The van der Waals surface area contributed by atoms with Crippen molar-refractivity contribution < 1.29 is 57.3 Å². The molecule has 2 aliphatic heterocycles. The third-order valence-corrected chi connectivity index (χ3v) is 18.7. The van der Waals surface area contributed by atoms with Gasteiger partial charge < -0.3 is 62.3 Å². The molecule has 2 fully saturated rings. The first-order chi connectivity index (χ1) is 51.3. The maximum Gasteiger partial charge on any atom is 0.328 e. The number of hydrogen-bond donors (Lipinski definition) is 12.